The molecule has 7 nitrogen and oxygen atoms in total. The van der Waals surface area contributed by atoms with Gasteiger partial charge in [-0.2, -0.15) is 0 Å². The molecule has 0 saturated heterocycles. The Labute approximate surface area is 104 Å². The van der Waals surface area contributed by atoms with Crippen molar-refractivity contribution in [3.63, 3.8) is 0 Å². The van der Waals surface area contributed by atoms with Gasteiger partial charge < -0.3 is 5.73 Å². The Morgan fingerprint density at radius 1 is 1.39 bits per heavy atom. The molecule has 3 N–H and O–H groups in total. The molecule has 0 aromatic heterocycles. The molecule has 1 aliphatic carbocycles. The van der Waals surface area contributed by atoms with Crippen molar-refractivity contribution >= 4 is 15.7 Å². The minimum atomic E-state index is -3.44. The van der Waals surface area contributed by atoms with Crippen molar-refractivity contribution < 1.29 is 13.3 Å². The van der Waals surface area contributed by atoms with E-state index < -0.39 is 14.9 Å². The second kappa shape index (κ2) is 4.63. The normalized spacial score (nSPS) is 22.7. The quantitative estimate of drug-likeness (QED) is 0.582. The Morgan fingerprint density at radius 2 is 1.94 bits per heavy atom. The molecule has 0 radical (unpaired) electrons. The fourth-order valence-corrected chi connectivity index (χ4v) is 3.00. The number of nitrogens with two attached hydrogens (primary N) is 1. The van der Waals surface area contributed by atoms with E-state index in [1.807, 2.05) is 0 Å². The highest BCUT2D eigenvalue weighted by molar-refractivity contribution is 7.88. The van der Waals surface area contributed by atoms with Crippen molar-refractivity contribution in [1.82, 2.24) is 4.72 Å². The molecule has 2 atom stereocenters. The standard InChI is InChI=1S/C10H13N3O4S/c11-9-5-10(9)12-18(16,17)6-7-1-3-8(4-2-7)13(14)15/h1-4,9-10,12H,5-6,11H2. The minimum absolute atomic E-state index is 0.0617. The van der Waals surface area contributed by atoms with Crippen LogP contribution >= 0.6 is 0 Å². The molecule has 18 heavy (non-hydrogen) atoms. The first-order valence-corrected chi connectivity index (χ1v) is 7.01. The third kappa shape index (κ3) is 3.25. The smallest absolute Gasteiger partial charge is 0.269 e. The number of hydrogen-bond donors (Lipinski definition) is 2. The van der Waals surface area contributed by atoms with Gasteiger partial charge >= 0.3 is 0 Å². The van der Waals surface area contributed by atoms with Gasteiger partial charge in [0, 0.05) is 24.2 Å². The zero-order chi connectivity index (χ0) is 13.3. The van der Waals surface area contributed by atoms with Crippen LogP contribution in [0.3, 0.4) is 0 Å². The summed E-state index contributed by atoms with van der Waals surface area (Å²) in [6.07, 6.45) is 0.652. The number of nitro groups is 1. The van der Waals surface area contributed by atoms with Gasteiger partial charge in [-0.05, 0) is 12.0 Å². The molecule has 1 aliphatic rings. The second-order valence-corrected chi connectivity index (χ2v) is 6.06. The molecule has 1 fully saturated rings. The van der Waals surface area contributed by atoms with Crippen molar-refractivity contribution in [2.75, 3.05) is 0 Å². The lowest BCUT2D eigenvalue weighted by Crippen LogP contribution is -2.30. The summed E-state index contributed by atoms with van der Waals surface area (Å²) in [5.41, 5.74) is 5.96. The van der Waals surface area contributed by atoms with Crippen molar-refractivity contribution in [2.45, 2.75) is 24.3 Å². The van der Waals surface area contributed by atoms with Crippen LogP contribution in [0.25, 0.3) is 0 Å². The first kappa shape index (κ1) is 12.9. The van der Waals surface area contributed by atoms with Crippen molar-refractivity contribution in [3.05, 3.63) is 39.9 Å². The number of sulfonamides is 1. The van der Waals surface area contributed by atoms with Gasteiger partial charge in [-0.1, -0.05) is 12.1 Å². The molecule has 0 heterocycles. The summed E-state index contributed by atoms with van der Waals surface area (Å²) >= 11 is 0. The van der Waals surface area contributed by atoms with Crippen LogP contribution in [-0.4, -0.2) is 25.4 Å². The topological polar surface area (TPSA) is 115 Å². The first-order valence-electron chi connectivity index (χ1n) is 5.36. The van der Waals surface area contributed by atoms with Crippen LogP contribution < -0.4 is 10.5 Å². The monoisotopic (exact) mass is 271 g/mol. The summed E-state index contributed by atoms with van der Waals surface area (Å²) in [6, 6.07) is 5.17. The van der Waals surface area contributed by atoms with E-state index >= 15 is 0 Å². The molecule has 0 amide bonds. The third-order valence-corrected chi connectivity index (χ3v) is 4.05. The summed E-state index contributed by atoms with van der Waals surface area (Å²) in [6.45, 7) is 0. The highest BCUT2D eigenvalue weighted by Gasteiger charge is 2.36. The van der Waals surface area contributed by atoms with Gasteiger partial charge in [-0.3, -0.25) is 10.1 Å². The van der Waals surface area contributed by atoms with Crippen molar-refractivity contribution in [3.8, 4) is 0 Å². The predicted octanol–water partition coefficient (Wildman–Crippen LogP) is 0.114. The van der Waals surface area contributed by atoms with Gasteiger partial charge in [0.15, 0.2) is 0 Å². The maximum absolute atomic E-state index is 11.7. The van der Waals surface area contributed by atoms with E-state index in [4.69, 9.17) is 5.73 Å². The zero-order valence-corrected chi connectivity index (χ0v) is 10.3. The van der Waals surface area contributed by atoms with Crippen LogP contribution in [0.2, 0.25) is 0 Å². The highest BCUT2D eigenvalue weighted by atomic mass is 32.2. The Morgan fingerprint density at radius 3 is 2.39 bits per heavy atom. The summed E-state index contributed by atoms with van der Waals surface area (Å²) < 4.78 is 25.9. The first-order chi connectivity index (χ1) is 8.37. The zero-order valence-electron chi connectivity index (χ0n) is 9.44. The largest absolute Gasteiger partial charge is 0.326 e. The number of benzene rings is 1. The van der Waals surface area contributed by atoms with E-state index in [9.17, 15) is 18.5 Å². The van der Waals surface area contributed by atoms with E-state index in [0.29, 0.717) is 12.0 Å². The molecule has 2 rings (SSSR count). The molecule has 1 saturated carbocycles. The Balaban J connectivity index is 2.02. The average Bonchev–Trinajstić information content (AvgIpc) is 2.93. The average molecular weight is 271 g/mol. The number of rotatable bonds is 5. The molecule has 1 aromatic carbocycles. The molecule has 2 unspecified atom stereocenters. The molecule has 0 spiro atoms. The Hall–Kier alpha value is -1.51. The second-order valence-electron chi connectivity index (χ2n) is 4.31. The molecule has 0 bridgehead atoms. The van der Waals surface area contributed by atoms with E-state index in [1.165, 1.54) is 24.3 Å². The fourth-order valence-electron chi connectivity index (χ4n) is 1.56. The van der Waals surface area contributed by atoms with E-state index in [2.05, 4.69) is 4.72 Å². The Bertz CT molecular complexity index is 555. The van der Waals surface area contributed by atoms with Crippen LogP contribution in [0.15, 0.2) is 24.3 Å². The number of nitrogens with zero attached hydrogens (tertiary/aromatic N) is 1. The van der Waals surface area contributed by atoms with Gasteiger partial charge in [0.05, 0.1) is 10.7 Å². The maximum atomic E-state index is 11.7. The summed E-state index contributed by atoms with van der Waals surface area (Å²) in [5.74, 6) is -0.200. The molecule has 0 aliphatic heterocycles. The van der Waals surface area contributed by atoms with Crippen LogP contribution in [0, 0.1) is 10.1 Å². The van der Waals surface area contributed by atoms with E-state index in [0.717, 1.165) is 0 Å². The van der Waals surface area contributed by atoms with Crippen molar-refractivity contribution in [1.29, 1.82) is 0 Å². The van der Waals surface area contributed by atoms with Crippen LogP contribution in [-0.2, 0) is 15.8 Å². The number of nitrogens with one attached hydrogen (secondary N) is 1. The summed E-state index contributed by atoms with van der Waals surface area (Å²) in [4.78, 5) is 9.92. The third-order valence-electron chi connectivity index (χ3n) is 2.67. The number of hydrogen-bond acceptors (Lipinski definition) is 5. The van der Waals surface area contributed by atoms with Gasteiger partial charge in [0.1, 0.15) is 0 Å². The molecule has 8 heteroatoms. The lowest BCUT2D eigenvalue weighted by Gasteiger charge is -2.05. The van der Waals surface area contributed by atoms with Gasteiger partial charge in [0.2, 0.25) is 10.0 Å². The lowest BCUT2D eigenvalue weighted by molar-refractivity contribution is -0.384. The number of nitro benzene ring substituents is 1. The maximum Gasteiger partial charge on any atom is 0.269 e. The van der Waals surface area contributed by atoms with Crippen LogP contribution in [0.5, 0.6) is 0 Å². The molecular weight excluding hydrogens is 258 g/mol. The van der Waals surface area contributed by atoms with Crippen LogP contribution in [0.1, 0.15) is 12.0 Å². The summed E-state index contributed by atoms with van der Waals surface area (Å²) in [7, 11) is -3.44. The van der Waals surface area contributed by atoms with Gasteiger partial charge in [0.25, 0.3) is 5.69 Å². The summed E-state index contributed by atoms with van der Waals surface area (Å²) in [5, 5.41) is 10.4. The van der Waals surface area contributed by atoms with E-state index in [1.54, 1.807) is 0 Å². The molecule has 1 aromatic rings. The number of non-ortho nitro benzene ring substituents is 1. The Kier molecular flexibility index (Phi) is 3.33. The predicted molar refractivity (Wildman–Crippen MR) is 65.2 cm³/mol. The van der Waals surface area contributed by atoms with Gasteiger partial charge in [-0.15, -0.1) is 0 Å². The van der Waals surface area contributed by atoms with E-state index in [-0.39, 0.29) is 23.5 Å². The highest BCUT2D eigenvalue weighted by Crippen LogP contribution is 2.20. The fraction of sp³-hybridized carbons (Fsp3) is 0.400. The minimum Gasteiger partial charge on any atom is -0.326 e. The van der Waals surface area contributed by atoms with Crippen molar-refractivity contribution in [2.24, 2.45) is 5.73 Å². The molecule has 98 valence electrons. The van der Waals surface area contributed by atoms with Gasteiger partial charge in [-0.25, -0.2) is 13.1 Å². The lowest BCUT2D eigenvalue weighted by atomic mass is 10.2. The molecular formula is C10H13N3O4S. The van der Waals surface area contributed by atoms with Crippen LogP contribution in [0.4, 0.5) is 5.69 Å². The SMILES string of the molecule is NC1CC1NS(=O)(=O)Cc1ccc([N+](=O)[O-])cc1.